The summed E-state index contributed by atoms with van der Waals surface area (Å²) in [5, 5.41) is 8.50. The Morgan fingerprint density at radius 1 is 1.41 bits per heavy atom. The molecule has 0 amide bonds. The summed E-state index contributed by atoms with van der Waals surface area (Å²) in [6.45, 7) is 1.92. The number of nitrogens with two attached hydrogens (primary N) is 1. The van der Waals surface area contributed by atoms with Crippen molar-refractivity contribution in [3.8, 4) is 6.07 Å². The first kappa shape index (κ1) is 13.6. The van der Waals surface area contributed by atoms with Gasteiger partial charge in [0.1, 0.15) is 0 Å². The molecule has 0 saturated heterocycles. The van der Waals surface area contributed by atoms with E-state index in [9.17, 15) is 8.42 Å². The number of rotatable bonds is 5. The Hall–Kier alpha value is -1.42. The van der Waals surface area contributed by atoms with E-state index in [1.807, 2.05) is 6.07 Å². The van der Waals surface area contributed by atoms with Crippen molar-refractivity contribution in [3.05, 3.63) is 29.8 Å². The van der Waals surface area contributed by atoms with E-state index in [0.717, 1.165) is 5.56 Å². The van der Waals surface area contributed by atoms with Crippen LogP contribution in [0.15, 0.2) is 29.2 Å². The van der Waals surface area contributed by atoms with Gasteiger partial charge in [0.15, 0.2) is 0 Å². The SMILES string of the molecule is CC(N)CNS(=O)(=O)c1ccc(CC#N)cc1. The number of nitrogens with zero attached hydrogens (tertiary/aromatic N) is 1. The number of benzene rings is 1. The van der Waals surface area contributed by atoms with Crippen LogP contribution in [-0.4, -0.2) is 21.0 Å². The van der Waals surface area contributed by atoms with Gasteiger partial charge in [-0.3, -0.25) is 0 Å². The predicted octanol–water partition coefficient (Wildman–Crippen LogP) is 0.378. The maximum Gasteiger partial charge on any atom is 0.240 e. The van der Waals surface area contributed by atoms with E-state index in [2.05, 4.69) is 4.72 Å². The third kappa shape index (κ3) is 4.15. The molecule has 0 aromatic heterocycles. The Morgan fingerprint density at radius 3 is 2.47 bits per heavy atom. The second-order valence-corrected chi connectivity index (χ2v) is 5.57. The van der Waals surface area contributed by atoms with Gasteiger partial charge in [-0.25, -0.2) is 13.1 Å². The smallest absolute Gasteiger partial charge is 0.240 e. The van der Waals surface area contributed by atoms with Crippen molar-refractivity contribution in [3.63, 3.8) is 0 Å². The van der Waals surface area contributed by atoms with Crippen LogP contribution >= 0.6 is 0 Å². The Bertz CT molecular complexity index is 501. The first-order chi connectivity index (χ1) is 7.95. The molecule has 6 heteroatoms. The van der Waals surface area contributed by atoms with Gasteiger partial charge in [0, 0.05) is 12.6 Å². The summed E-state index contributed by atoms with van der Waals surface area (Å²) in [7, 11) is -3.50. The number of hydrogen-bond acceptors (Lipinski definition) is 4. The van der Waals surface area contributed by atoms with Gasteiger partial charge >= 0.3 is 0 Å². The first-order valence-corrected chi connectivity index (χ1v) is 6.65. The highest BCUT2D eigenvalue weighted by atomic mass is 32.2. The zero-order valence-corrected chi connectivity index (χ0v) is 10.4. The largest absolute Gasteiger partial charge is 0.327 e. The van der Waals surface area contributed by atoms with Crippen molar-refractivity contribution >= 4 is 10.0 Å². The molecule has 1 aromatic carbocycles. The summed E-state index contributed by atoms with van der Waals surface area (Å²) in [4.78, 5) is 0.180. The molecule has 0 heterocycles. The van der Waals surface area contributed by atoms with E-state index >= 15 is 0 Å². The molecule has 0 aliphatic carbocycles. The fourth-order valence-corrected chi connectivity index (χ4v) is 2.35. The Morgan fingerprint density at radius 2 is 2.00 bits per heavy atom. The number of nitriles is 1. The van der Waals surface area contributed by atoms with Gasteiger partial charge in [0.2, 0.25) is 10.0 Å². The average Bonchev–Trinajstić information content (AvgIpc) is 2.28. The van der Waals surface area contributed by atoms with Crippen molar-refractivity contribution in [1.82, 2.24) is 4.72 Å². The van der Waals surface area contributed by atoms with E-state index in [0.29, 0.717) is 0 Å². The minimum Gasteiger partial charge on any atom is -0.327 e. The van der Waals surface area contributed by atoms with Crippen LogP contribution in [0.4, 0.5) is 0 Å². The molecule has 0 aliphatic heterocycles. The molecule has 1 atom stereocenters. The van der Waals surface area contributed by atoms with E-state index < -0.39 is 10.0 Å². The normalized spacial score (nSPS) is 13.0. The summed E-state index contributed by atoms with van der Waals surface area (Å²) in [5.41, 5.74) is 6.27. The standard InChI is InChI=1S/C11H15N3O2S/c1-9(13)8-14-17(15,16)11-4-2-10(3-5-11)6-7-12/h2-5,9,14H,6,8,13H2,1H3. The molecule has 3 N–H and O–H groups in total. The molecular weight excluding hydrogens is 238 g/mol. The fourth-order valence-electron chi connectivity index (χ4n) is 1.20. The Kier molecular flexibility index (Phi) is 4.63. The third-order valence-corrected chi connectivity index (χ3v) is 3.55. The monoisotopic (exact) mass is 253 g/mol. The predicted molar refractivity (Wildman–Crippen MR) is 64.6 cm³/mol. The summed E-state index contributed by atoms with van der Waals surface area (Å²) < 4.78 is 26.0. The maximum atomic E-state index is 11.8. The zero-order chi connectivity index (χ0) is 12.9. The van der Waals surface area contributed by atoms with Crippen LogP contribution in [0.5, 0.6) is 0 Å². The van der Waals surface area contributed by atoms with Crippen LogP contribution in [0.25, 0.3) is 0 Å². The summed E-state index contributed by atoms with van der Waals surface area (Å²) in [6.07, 6.45) is 0.271. The van der Waals surface area contributed by atoms with Gasteiger partial charge in [0.25, 0.3) is 0 Å². The zero-order valence-electron chi connectivity index (χ0n) is 9.55. The molecule has 1 unspecified atom stereocenters. The molecule has 17 heavy (non-hydrogen) atoms. The second kappa shape index (κ2) is 5.77. The summed E-state index contributed by atoms with van der Waals surface area (Å²) in [5.74, 6) is 0. The van der Waals surface area contributed by atoms with Crippen LogP contribution in [0.2, 0.25) is 0 Å². The molecular formula is C11H15N3O2S. The Labute approximate surface area is 101 Å². The van der Waals surface area contributed by atoms with E-state index in [1.54, 1.807) is 19.1 Å². The van der Waals surface area contributed by atoms with Crippen molar-refractivity contribution in [2.45, 2.75) is 24.3 Å². The second-order valence-electron chi connectivity index (χ2n) is 3.81. The molecule has 5 nitrogen and oxygen atoms in total. The number of sulfonamides is 1. The van der Waals surface area contributed by atoms with Crippen LogP contribution in [0, 0.1) is 11.3 Å². The molecule has 0 aliphatic rings. The lowest BCUT2D eigenvalue weighted by atomic mass is 10.2. The van der Waals surface area contributed by atoms with Gasteiger partial charge < -0.3 is 5.73 Å². The van der Waals surface area contributed by atoms with Gasteiger partial charge in [-0.15, -0.1) is 0 Å². The minimum absolute atomic E-state index is 0.180. The van der Waals surface area contributed by atoms with Crippen molar-refractivity contribution in [2.75, 3.05) is 6.54 Å². The quantitative estimate of drug-likeness (QED) is 0.792. The molecule has 0 saturated carbocycles. The highest BCUT2D eigenvalue weighted by Crippen LogP contribution is 2.10. The van der Waals surface area contributed by atoms with Crippen molar-refractivity contribution in [2.24, 2.45) is 5.73 Å². The fraction of sp³-hybridized carbons (Fsp3) is 0.364. The first-order valence-electron chi connectivity index (χ1n) is 5.17. The average molecular weight is 253 g/mol. The van der Waals surface area contributed by atoms with Gasteiger partial charge in [0.05, 0.1) is 17.4 Å². The molecule has 92 valence electrons. The van der Waals surface area contributed by atoms with Crippen LogP contribution < -0.4 is 10.5 Å². The number of nitrogens with one attached hydrogen (secondary N) is 1. The van der Waals surface area contributed by atoms with Gasteiger partial charge in [-0.1, -0.05) is 12.1 Å². The summed E-state index contributed by atoms with van der Waals surface area (Å²) >= 11 is 0. The molecule has 1 rings (SSSR count). The summed E-state index contributed by atoms with van der Waals surface area (Å²) in [6, 6.07) is 7.99. The topological polar surface area (TPSA) is 96.0 Å². The van der Waals surface area contributed by atoms with Gasteiger partial charge in [-0.2, -0.15) is 5.26 Å². The lowest BCUT2D eigenvalue weighted by Crippen LogP contribution is -2.35. The van der Waals surface area contributed by atoms with Crippen LogP contribution in [0.1, 0.15) is 12.5 Å². The Balaban J connectivity index is 2.82. The molecule has 0 spiro atoms. The third-order valence-electron chi connectivity index (χ3n) is 2.11. The highest BCUT2D eigenvalue weighted by molar-refractivity contribution is 7.89. The maximum absolute atomic E-state index is 11.8. The van der Waals surface area contributed by atoms with E-state index in [1.165, 1.54) is 12.1 Å². The lowest BCUT2D eigenvalue weighted by molar-refractivity contribution is 0.574. The number of hydrogen-bond donors (Lipinski definition) is 2. The van der Waals surface area contributed by atoms with Crippen molar-refractivity contribution in [1.29, 1.82) is 5.26 Å². The van der Waals surface area contributed by atoms with Crippen LogP contribution in [-0.2, 0) is 16.4 Å². The minimum atomic E-state index is -3.50. The van der Waals surface area contributed by atoms with Gasteiger partial charge in [-0.05, 0) is 24.6 Å². The molecule has 0 radical (unpaired) electrons. The van der Waals surface area contributed by atoms with E-state index in [-0.39, 0.29) is 23.9 Å². The lowest BCUT2D eigenvalue weighted by Gasteiger charge is -2.09. The molecule has 1 aromatic rings. The van der Waals surface area contributed by atoms with Crippen molar-refractivity contribution < 1.29 is 8.42 Å². The molecule has 0 bridgehead atoms. The van der Waals surface area contributed by atoms with Crippen LogP contribution in [0.3, 0.4) is 0 Å². The highest BCUT2D eigenvalue weighted by Gasteiger charge is 2.13. The molecule has 0 fully saturated rings. The van der Waals surface area contributed by atoms with E-state index in [4.69, 9.17) is 11.0 Å².